The molecule has 20 heavy (non-hydrogen) atoms. The second kappa shape index (κ2) is 7.03. The third-order valence-electron chi connectivity index (χ3n) is 3.03. The SMILES string of the molecule is NC(Cc1ccccc1)C(O)COc1cccc(F)c1. The number of halogens is 1. The second-order valence-corrected chi connectivity index (χ2v) is 4.69. The molecule has 0 aliphatic rings. The number of hydrogen-bond acceptors (Lipinski definition) is 3. The van der Waals surface area contributed by atoms with Gasteiger partial charge in [-0.3, -0.25) is 0 Å². The molecule has 0 fully saturated rings. The Kier molecular flexibility index (Phi) is 5.09. The summed E-state index contributed by atoms with van der Waals surface area (Å²) in [5.74, 6) is 0.0153. The Bertz CT molecular complexity index is 533. The molecule has 106 valence electrons. The Morgan fingerprint density at radius 1 is 1.10 bits per heavy atom. The molecule has 0 saturated heterocycles. The van der Waals surface area contributed by atoms with Crippen LogP contribution >= 0.6 is 0 Å². The molecule has 0 saturated carbocycles. The molecule has 3 N–H and O–H groups in total. The third-order valence-corrected chi connectivity index (χ3v) is 3.03. The van der Waals surface area contributed by atoms with E-state index in [1.54, 1.807) is 12.1 Å². The molecule has 0 bridgehead atoms. The third kappa shape index (κ3) is 4.33. The zero-order chi connectivity index (χ0) is 14.4. The fourth-order valence-electron chi connectivity index (χ4n) is 1.88. The van der Waals surface area contributed by atoms with E-state index in [0.717, 1.165) is 5.56 Å². The highest BCUT2D eigenvalue weighted by atomic mass is 19.1. The summed E-state index contributed by atoms with van der Waals surface area (Å²) in [4.78, 5) is 0. The van der Waals surface area contributed by atoms with Gasteiger partial charge >= 0.3 is 0 Å². The molecule has 4 heteroatoms. The van der Waals surface area contributed by atoms with E-state index < -0.39 is 12.1 Å². The van der Waals surface area contributed by atoms with Gasteiger partial charge in [0.2, 0.25) is 0 Å². The Hall–Kier alpha value is -1.91. The average Bonchev–Trinajstić information content (AvgIpc) is 2.46. The summed E-state index contributed by atoms with van der Waals surface area (Å²) in [6, 6.07) is 15.1. The maximum absolute atomic E-state index is 13.0. The molecule has 0 aliphatic carbocycles. The lowest BCUT2D eigenvalue weighted by Gasteiger charge is -2.19. The molecule has 0 amide bonds. The lowest BCUT2D eigenvalue weighted by atomic mass is 10.0. The molecular weight excluding hydrogens is 257 g/mol. The minimum atomic E-state index is -0.807. The number of aliphatic hydroxyl groups is 1. The summed E-state index contributed by atoms with van der Waals surface area (Å²) in [7, 11) is 0. The lowest BCUT2D eigenvalue weighted by molar-refractivity contribution is 0.0850. The highest BCUT2D eigenvalue weighted by Crippen LogP contribution is 2.13. The van der Waals surface area contributed by atoms with Crippen molar-refractivity contribution in [2.45, 2.75) is 18.6 Å². The van der Waals surface area contributed by atoms with Crippen LogP contribution in [0.1, 0.15) is 5.56 Å². The van der Waals surface area contributed by atoms with Gasteiger partial charge in [0.05, 0.1) is 0 Å². The van der Waals surface area contributed by atoms with Crippen molar-refractivity contribution in [1.82, 2.24) is 0 Å². The van der Waals surface area contributed by atoms with E-state index in [1.807, 2.05) is 30.3 Å². The summed E-state index contributed by atoms with van der Waals surface area (Å²) in [6.45, 7) is 0.0391. The van der Waals surface area contributed by atoms with E-state index in [-0.39, 0.29) is 12.4 Å². The maximum atomic E-state index is 13.0. The lowest BCUT2D eigenvalue weighted by Crippen LogP contribution is -2.40. The van der Waals surface area contributed by atoms with Crippen molar-refractivity contribution in [2.75, 3.05) is 6.61 Å². The molecule has 0 aromatic heterocycles. The summed E-state index contributed by atoms with van der Waals surface area (Å²) in [5.41, 5.74) is 7.00. The molecule has 2 rings (SSSR count). The van der Waals surface area contributed by atoms with Crippen LogP contribution in [0, 0.1) is 5.82 Å². The van der Waals surface area contributed by atoms with Gasteiger partial charge in [-0.2, -0.15) is 0 Å². The predicted molar refractivity (Wildman–Crippen MR) is 76.0 cm³/mol. The molecule has 2 aromatic carbocycles. The van der Waals surface area contributed by atoms with Crippen molar-refractivity contribution in [3.8, 4) is 5.75 Å². The molecule has 2 aromatic rings. The average molecular weight is 275 g/mol. The minimum absolute atomic E-state index is 0.0391. The first-order chi connectivity index (χ1) is 9.65. The normalized spacial score (nSPS) is 13.8. The highest BCUT2D eigenvalue weighted by molar-refractivity contribution is 5.22. The first-order valence-electron chi connectivity index (χ1n) is 6.51. The molecule has 0 heterocycles. The standard InChI is InChI=1S/C16H18FNO2/c17-13-7-4-8-14(10-13)20-11-16(19)15(18)9-12-5-2-1-3-6-12/h1-8,10,15-16,19H,9,11,18H2. The van der Waals surface area contributed by atoms with E-state index in [1.165, 1.54) is 12.1 Å². The van der Waals surface area contributed by atoms with Crippen molar-refractivity contribution in [1.29, 1.82) is 0 Å². The van der Waals surface area contributed by atoms with Gasteiger partial charge in [0.25, 0.3) is 0 Å². The Morgan fingerprint density at radius 2 is 1.85 bits per heavy atom. The minimum Gasteiger partial charge on any atom is -0.491 e. The van der Waals surface area contributed by atoms with Gasteiger partial charge in [-0.1, -0.05) is 36.4 Å². The van der Waals surface area contributed by atoms with Crippen LogP contribution in [-0.4, -0.2) is 23.9 Å². The molecule has 0 aliphatic heterocycles. The van der Waals surface area contributed by atoms with Crippen LogP contribution in [0.25, 0.3) is 0 Å². The van der Waals surface area contributed by atoms with Crippen molar-refractivity contribution in [3.05, 3.63) is 66.0 Å². The Balaban J connectivity index is 1.83. The molecule has 3 nitrogen and oxygen atoms in total. The number of ether oxygens (including phenoxy) is 1. The van der Waals surface area contributed by atoms with Crippen LogP contribution in [0.4, 0.5) is 4.39 Å². The quantitative estimate of drug-likeness (QED) is 0.849. The fourth-order valence-corrected chi connectivity index (χ4v) is 1.88. The van der Waals surface area contributed by atoms with Crippen LogP contribution < -0.4 is 10.5 Å². The first kappa shape index (κ1) is 14.5. The van der Waals surface area contributed by atoms with Gasteiger partial charge in [0.15, 0.2) is 0 Å². The smallest absolute Gasteiger partial charge is 0.126 e. The molecule has 2 atom stereocenters. The van der Waals surface area contributed by atoms with Crippen LogP contribution in [0.2, 0.25) is 0 Å². The fraction of sp³-hybridized carbons (Fsp3) is 0.250. The van der Waals surface area contributed by atoms with E-state index in [0.29, 0.717) is 12.2 Å². The van der Waals surface area contributed by atoms with E-state index in [9.17, 15) is 9.50 Å². The summed E-state index contributed by atoms with van der Waals surface area (Å²) >= 11 is 0. The monoisotopic (exact) mass is 275 g/mol. The van der Waals surface area contributed by atoms with Gasteiger partial charge in [0.1, 0.15) is 24.3 Å². The first-order valence-corrected chi connectivity index (χ1v) is 6.51. The molecule has 0 radical (unpaired) electrons. The number of benzene rings is 2. The van der Waals surface area contributed by atoms with E-state index >= 15 is 0 Å². The maximum Gasteiger partial charge on any atom is 0.126 e. The van der Waals surface area contributed by atoms with Gasteiger partial charge in [-0.15, -0.1) is 0 Å². The van der Waals surface area contributed by atoms with Crippen molar-refractivity contribution in [2.24, 2.45) is 5.73 Å². The van der Waals surface area contributed by atoms with Crippen LogP contribution in [0.3, 0.4) is 0 Å². The van der Waals surface area contributed by atoms with Crippen molar-refractivity contribution < 1.29 is 14.2 Å². The van der Waals surface area contributed by atoms with E-state index in [2.05, 4.69) is 0 Å². The number of hydrogen-bond donors (Lipinski definition) is 2. The van der Waals surface area contributed by atoms with Crippen LogP contribution in [0.5, 0.6) is 5.75 Å². The van der Waals surface area contributed by atoms with Crippen molar-refractivity contribution >= 4 is 0 Å². The summed E-state index contributed by atoms with van der Waals surface area (Å²) in [5, 5.41) is 9.97. The van der Waals surface area contributed by atoms with Crippen LogP contribution in [0.15, 0.2) is 54.6 Å². The zero-order valence-electron chi connectivity index (χ0n) is 11.1. The van der Waals surface area contributed by atoms with Gasteiger partial charge in [-0.25, -0.2) is 4.39 Å². The number of nitrogens with two attached hydrogens (primary N) is 1. The summed E-state index contributed by atoms with van der Waals surface area (Å²) < 4.78 is 18.3. The van der Waals surface area contributed by atoms with Gasteiger partial charge in [0, 0.05) is 12.1 Å². The van der Waals surface area contributed by atoms with Crippen LogP contribution in [-0.2, 0) is 6.42 Å². The highest BCUT2D eigenvalue weighted by Gasteiger charge is 2.16. The van der Waals surface area contributed by atoms with E-state index in [4.69, 9.17) is 10.5 Å². The molecule has 2 unspecified atom stereocenters. The predicted octanol–water partition coefficient (Wildman–Crippen LogP) is 2.14. The zero-order valence-corrected chi connectivity index (χ0v) is 11.1. The topological polar surface area (TPSA) is 55.5 Å². The Morgan fingerprint density at radius 3 is 2.55 bits per heavy atom. The van der Waals surface area contributed by atoms with Gasteiger partial charge < -0.3 is 15.6 Å². The Labute approximate surface area is 117 Å². The van der Waals surface area contributed by atoms with Gasteiger partial charge in [-0.05, 0) is 24.1 Å². The molecule has 0 spiro atoms. The van der Waals surface area contributed by atoms with Crippen molar-refractivity contribution in [3.63, 3.8) is 0 Å². The largest absolute Gasteiger partial charge is 0.491 e. The molecular formula is C16H18FNO2. The summed E-state index contributed by atoms with van der Waals surface area (Å²) in [6.07, 6.45) is -0.243. The number of aliphatic hydroxyl groups excluding tert-OH is 1. The number of rotatable bonds is 6. The second-order valence-electron chi connectivity index (χ2n) is 4.69.